The molecule has 0 unspecified atom stereocenters. The van der Waals surface area contributed by atoms with Crippen molar-refractivity contribution in [2.75, 3.05) is 7.11 Å². The lowest BCUT2D eigenvalue weighted by Crippen LogP contribution is -2.04. The second-order valence-electron chi connectivity index (χ2n) is 2.57. The molecule has 2 N–H and O–H groups in total. The summed E-state index contributed by atoms with van der Waals surface area (Å²) in [5.74, 6) is 0.340. The molecule has 1 aromatic rings. The number of nitro groups is 1. The van der Waals surface area contributed by atoms with E-state index in [0.717, 1.165) is 0 Å². The summed E-state index contributed by atoms with van der Waals surface area (Å²) in [4.78, 5) is 10.1. The van der Waals surface area contributed by atoms with Crippen molar-refractivity contribution >= 4 is 17.3 Å². The molecule has 76 valence electrons. The van der Waals surface area contributed by atoms with E-state index in [-0.39, 0.29) is 17.3 Å². The summed E-state index contributed by atoms with van der Waals surface area (Å²) in [5, 5.41) is 10.9. The van der Waals surface area contributed by atoms with Crippen LogP contribution in [-0.2, 0) is 6.54 Å². The summed E-state index contributed by atoms with van der Waals surface area (Å²) in [6.07, 6.45) is 0. The minimum absolute atomic E-state index is 0.0383. The molecular formula is C8H9ClN2O3. The van der Waals surface area contributed by atoms with Crippen molar-refractivity contribution in [3.8, 4) is 5.75 Å². The monoisotopic (exact) mass is 216 g/mol. The van der Waals surface area contributed by atoms with Gasteiger partial charge in [0.1, 0.15) is 5.75 Å². The van der Waals surface area contributed by atoms with Gasteiger partial charge in [-0.05, 0) is 6.07 Å². The molecule has 0 aliphatic heterocycles. The SMILES string of the molecule is COc1cc(Cl)cc([N+](=O)[O-])c1CN. The molecule has 5 nitrogen and oxygen atoms in total. The Morgan fingerprint density at radius 2 is 2.29 bits per heavy atom. The van der Waals surface area contributed by atoms with Gasteiger partial charge in [-0.15, -0.1) is 0 Å². The molecule has 6 heteroatoms. The van der Waals surface area contributed by atoms with Crippen LogP contribution in [0.3, 0.4) is 0 Å². The van der Waals surface area contributed by atoms with Gasteiger partial charge in [-0.2, -0.15) is 0 Å². The number of methoxy groups -OCH3 is 1. The van der Waals surface area contributed by atoms with Crippen molar-refractivity contribution in [2.24, 2.45) is 5.73 Å². The molecule has 0 amide bonds. The molecule has 0 saturated heterocycles. The van der Waals surface area contributed by atoms with Crippen LogP contribution in [0.5, 0.6) is 5.75 Å². The number of benzene rings is 1. The van der Waals surface area contributed by atoms with Gasteiger partial charge in [0.2, 0.25) is 0 Å². The minimum atomic E-state index is -0.531. The Morgan fingerprint density at radius 1 is 1.64 bits per heavy atom. The third-order valence-electron chi connectivity index (χ3n) is 1.77. The van der Waals surface area contributed by atoms with Gasteiger partial charge in [0, 0.05) is 12.6 Å². The van der Waals surface area contributed by atoms with Crippen LogP contribution in [0.4, 0.5) is 5.69 Å². The first-order valence-electron chi connectivity index (χ1n) is 3.81. The number of nitrogens with two attached hydrogens (primary N) is 1. The van der Waals surface area contributed by atoms with Gasteiger partial charge in [0.25, 0.3) is 5.69 Å². The standard InChI is InChI=1S/C8H9ClN2O3/c1-14-8-3-5(9)2-7(11(12)13)6(8)4-10/h2-3H,4,10H2,1H3. The highest BCUT2D eigenvalue weighted by atomic mass is 35.5. The van der Waals surface area contributed by atoms with E-state index in [1.54, 1.807) is 0 Å². The van der Waals surface area contributed by atoms with Gasteiger partial charge < -0.3 is 10.5 Å². The van der Waals surface area contributed by atoms with Crippen molar-refractivity contribution in [1.82, 2.24) is 0 Å². The smallest absolute Gasteiger partial charge is 0.279 e. The molecule has 0 saturated carbocycles. The summed E-state index contributed by atoms with van der Waals surface area (Å²) in [6.45, 7) is 0.0383. The molecule has 0 radical (unpaired) electrons. The molecule has 0 aromatic heterocycles. The number of nitro benzene ring substituents is 1. The molecule has 1 rings (SSSR count). The van der Waals surface area contributed by atoms with E-state index in [9.17, 15) is 10.1 Å². The van der Waals surface area contributed by atoms with Crippen molar-refractivity contribution < 1.29 is 9.66 Å². The van der Waals surface area contributed by atoms with Crippen LogP contribution in [0.25, 0.3) is 0 Å². The van der Waals surface area contributed by atoms with Crippen molar-refractivity contribution in [2.45, 2.75) is 6.54 Å². The van der Waals surface area contributed by atoms with E-state index in [1.807, 2.05) is 0 Å². The van der Waals surface area contributed by atoms with Crippen LogP contribution in [0.1, 0.15) is 5.56 Å². The first-order valence-corrected chi connectivity index (χ1v) is 4.18. The highest BCUT2D eigenvalue weighted by molar-refractivity contribution is 6.31. The summed E-state index contributed by atoms with van der Waals surface area (Å²) in [5.41, 5.74) is 5.62. The van der Waals surface area contributed by atoms with Gasteiger partial charge in [0.15, 0.2) is 0 Å². The van der Waals surface area contributed by atoms with E-state index >= 15 is 0 Å². The van der Waals surface area contributed by atoms with Crippen LogP contribution in [0.2, 0.25) is 5.02 Å². The molecular weight excluding hydrogens is 208 g/mol. The molecule has 14 heavy (non-hydrogen) atoms. The average molecular weight is 217 g/mol. The lowest BCUT2D eigenvalue weighted by molar-refractivity contribution is -0.385. The fourth-order valence-corrected chi connectivity index (χ4v) is 1.35. The number of ether oxygens (including phenoxy) is 1. The summed E-state index contributed by atoms with van der Waals surface area (Å²) < 4.78 is 4.94. The lowest BCUT2D eigenvalue weighted by Gasteiger charge is -2.07. The average Bonchev–Trinajstić information content (AvgIpc) is 2.16. The van der Waals surface area contributed by atoms with Crippen LogP contribution in [0, 0.1) is 10.1 Å². The van der Waals surface area contributed by atoms with Crippen LogP contribution >= 0.6 is 11.6 Å². The normalized spacial score (nSPS) is 9.93. The topological polar surface area (TPSA) is 78.4 Å². The quantitative estimate of drug-likeness (QED) is 0.616. The molecule has 0 aliphatic rings. The molecule has 0 aliphatic carbocycles. The van der Waals surface area contributed by atoms with Crippen molar-refractivity contribution in [3.63, 3.8) is 0 Å². The Kier molecular flexibility index (Phi) is 3.27. The number of halogens is 1. The number of hydrogen-bond acceptors (Lipinski definition) is 4. The molecule has 0 fully saturated rings. The van der Waals surface area contributed by atoms with E-state index in [0.29, 0.717) is 11.3 Å². The Labute approximate surface area is 85.6 Å². The number of nitrogens with zero attached hydrogens (tertiary/aromatic N) is 1. The summed E-state index contributed by atoms with van der Waals surface area (Å²) >= 11 is 5.68. The fraction of sp³-hybridized carbons (Fsp3) is 0.250. The Morgan fingerprint density at radius 3 is 2.71 bits per heavy atom. The van der Waals surface area contributed by atoms with Gasteiger partial charge in [0.05, 0.1) is 22.6 Å². The van der Waals surface area contributed by atoms with Crippen LogP contribution < -0.4 is 10.5 Å². The summed E-state index contributed by atoms with van der Waals surface area (Å²) in [7, 11) is 1.41. The number of hydrogen-bond donors (Lipinski definition) is 1. The molecule has 0 bridgehead atoms. The maximum Gasteiger partial charge on any atom is 0.279 e. The third-order valence-corrected chi connectivity index (χ3v) is 1.99. The predicted molar refractivity (Wildman–Crippen MR) is 52.5 cm³/mol. The molecule has 0 atom stereocenters. The highest BCUT2D eigenvalue weighted by Gasteiger charge is 2.18. The van der Waals surface area contributed by atoms with Crippen LogP contribution in [0.15, 0.2) is 12.1 Å². The van der Waals surface area contributed by atoms with E-state index in [1.165, 1.54) is 19.2 Å². The largest absolute Gasteiger partial charge is 0.496 e. The maximum absolute atomic E-state index is 10.6. The third kappa shape index (κ3) is 1.94. The molecule has 1 aromatic carbocycles. The van der Waals surface area contributed by atoms with Gasteiger partial charge in [-0.25, -0.2) is 0 Å². The Balaban J connectivity index is 3.39. The van der Waals surface area contributed by atoms with E-state index in [4.69, 9.17) is 22.1 Å². The van der Waals surface area contributed by atoms with Crippen molar-refractivity contribution in [3.05, 3.63) is 32.8 Å². The maximum atomic E-state index is 10.6. The van der Waals surface area contributed by atoms with Gasteiger partial charge >= 0.3 is 0 Å². The van der Waals surface area contributed by atoms with E-state index in [2.05, 4.69) is 0 Å². The number of rotatable bonds is 3. The predicted octanol–water partition coefficient (Wildman–Crippen LogP) is 1.72. The van der Waals surface area contributed by atoms with Crippen molar-refractivity contribution in [1.29, 1.82) is 0 Å². The second-order valence-corrected chi connectivity index (χ2v) is 3.00. The fourth-order valence-electron chi connectivity index (χ4n) is 1.15. The van der Waals surface area contributed by atoms with Crippen LogP contribution in [-0.4, -0.2) is 12.0 Å². The van der Waals surface area contributed by atoms with E-state index < -0.39 is 4.92 Å². The molecule has 0 heterocycles. The summed E-state index contributed by atoms with van der Waals surface area (Å²) in [6, 6.07) is 2.75. The Bertz CT molecular complexity index is 368. The Hall–Kier alpha value is -1.33. The highest BCUT2D eigenvalue weighted by Crippen LogP contribution is 2.31. The zero-order valence-electron chi connectivity index (χ0n) is 7.49. The zero-order chi connectivity index (χ0) is 10.7. The first-order chi connectivity index (χ1) is 6.60. The lowest BCUT2D eigenvalue weighted by atomic mass is 10.1. The van der Waals surface area contributed by atoms with Gasteiger partial charge in [-0.3, -0.25) is 10.1 Å². The first kappa shape index (κ1) is 10.7. The minimum Gasteiger partial charge on any atom is -0.496 e. The molecule has 0 spiro atoms. The van der Waals surface area contributed by atoms with Gasteiger partial charge in [-0.1, -0.05) is 11.6 Å². The second kappa shape index (κ2) is 4.26. The zero-order valence-corrected chi connectivity index (χ0v) is 8.25.